The number of ether oxygens (including phenoxy) is 3. The van der Waals surface area contributed by atoms with E-state index in [-0.39, 0.29) is 17.9 Å². The van der Waals surface area contributed by atoms with Crippen molar-refractivity contribution in [3.05, 3.63) is 17.5 Å². The zero-order valence-electron chi connectivity index (χ0n) is 21.1. The Morgan fingerprint density at radius 3 is 2.37 bits per heavy atom. The first-order valence-corrected chi connectivity index (χ1v) is 12.3. The predicted molar refractivity (Wildman–Crippen MR) is 129 cm³/mol. The van der Waals surface area contributed by atoms with E-state index in [2.05, 4.69) is 15.2 Å². The maximum Gasteiger partial charge on any atom is 0.408 e. The molecule has 1 aromatic rings. The number of carbonyl (C=O) groups excluding carboxylic acids is 3. The van der Waals surface area contributed by atoms with Gasteiger partial charge in [-0.25, -0.2) is 4.79 Å². The second kappa shape index (κ2) is 9.54. The summed E-state index contributed by atoms with van der Waals surface area (Å²) in [6.45, 7) is 9.21. The SMILES string of the molecule is CC(=O)OC1CCc2c1ncc(N)c2N1CC(C2CC2)[C@@H](OC(C)=O)[C@H](NC(=O)OC(C)(C)C)C1. The molecule has 0 bridgehead atoms. The van der Waals surface area contributed by atoms with Gasteiger partial charge in [-0.1, -0.05) is 0 Å². The van der Waals surface area contributed by atoms with Crippen LogP contribution in [0.1, 0.15) is 71.2 Å². The van der Waals surface area contributed by atoms with Crippen LogP contribution in [0, 0.1) is 11.8 Å². The average Bonchev–Trinajstić information content (AvgIpc) is 3.49. The number of nitrogen functional groups attached to an aromatic ring is 1. The van der Waals surface area contributed by atoms with Crippen molar-refractivity contribution in [3.63, 3.8) is 0 Å². The molecule has 4 rings (SSSR count). The van der Waals surface area contributed by atoms with Crippen molar-refractivity contribution >= 4 is 29.4 Å². The van der Waals surface area contributed by atoms with Gasteiger partial charge in [0, 0.05) is 38.4 Å². The van der Waals surface area contributed by atoms with Gasteiger partial charge in [0.15, 0.2) is 0 Å². The topological polar surface area (TPSA) is 133 Å². The van der Waals surface area contributed by atoms with Gasteiger partial charge in [-0.3, -0.25) is 14.6 Å². The molecule has 2 fully saturated rings. The van der Waals surface area contributed by atoms with Gasteiger partial charge < -0.3 is 30.2 Å². The Labute approximate surface area is 205 Å². The largest absolute Gasteiger partial charge is 0.460 e. The third-order valence-corrected chi connectivity index (χ3v) is 6.70. The fourth-order valence-electron chi connectivity index (χ4n) is 5.34. The van der Waals surface area contributed by atoms with Gasteiger partial charge in [0.2, 0.25) is 0 Å². The molecule has 1 saturated carbocycles. The molecule has 10 nitrogen and oxygen atoms in total. The highest BCUT2D eigenvalue weighted by Crippen LogP contribution is 2.46. The van der Waals surface area contributed by atoms with Crippen molar-refractivity contribution in [2.24, 2.45) is 11.8 Å². The smallest absolute Gasteiger partial charge is 0.408 e. The van der Waals surface area contributed by atoms with E-state index in [0.29, 0.717) is 37.5 Å². The molecule has 2 aliphatic carbocycles. The average molecular weight is 489 g/mol. The highest BCUT2D eigenvalue weighted by molar-refractivity contribution is 5.75. The minimum atomic E-state index is -0.659. The number of rotatable bonds is 5. The number of pyridine rings is 1. The summed E-state index contributed by atoms with van der Waals surface area (Å²) in [6, 6.07) is -0.484. The minimum Gasteiger partial charge on any atom is -0.460 e. The highest BCUT2D eigenvalue weighted by Gasteiger charge is 2.48. The van der Waals surface area contributed by atoms with Crippen molar-refractivity contribution in [2.75, 3.05) is 23.7 Å². The van der Waals surface area contributed by atoms with E-state index in [0.717, 1.165) is 29.8 Å². The summed E-state index contributed by atoms with van der Waals surface area (Å²) in [4.78, 5) is 42.9. The fourth-order valence-corrected chi connectivity index (χ4v) is 5.34. The molecule has 35 heavy (non-hydrogen) atoms. The molecular weight excluding hydrogens is 452 g/mol. The Hall–Kier alpha value is -3.04. The van der Waals surface area contributed by atoms with Crippen LogP contribution in [0.2, 0.25) is 0 Å². The molecule has 1 saturated heterocycles. The molecule has 4 atom stereocenters. The molecule has 3 N–H and O–H groups in total. The van der Waals surface area contributed by atoms with E-state index >= 15 is 0 Å². The molecule has 3 aliphatic rings. The summed E-state index contributed by atoms with van der Waals surface area (Å²) in [6.07, 6.45) is 3.62. The first kappa shape index (κ1) is 25.1. The number of carbonyl (C=O) groups is 3. The predicted octanol–water partition coefficient (Wildman–Crippen LogP) is 2.89. The number of hydrogen-bond acceptors (Lipinski definition) is 9. The third kappa shape index (κ3) is 5.79. The monoisotopic (exact) mass is 488 g/mol. The summed E-state index contributed by atoms with van der Waals surface area (Å²) in [5.41, 5.74) is 8.86. The normalized spacial score (nSPS) is 26.0. The number of amides is 1. The second-order valence-corrected chi connectivity index (χ2v) is 10.8. The molecule has 1 aromatic heterocycles. The van der Waals surface area contributed by atoms with Gasteiger partial charge in [0.1, 0.15) is 17.8 Å². The standard InChI is InChI=1S/C25H36N4O6/c1-13(30)33-20-9-8-16-21(20)27-10-18(26)22(16)29-11-17(15-6-7-15)23(34-14(2)31)19(12-29)28-24(32)35-25(3,4)5/h10,15,17,19-20,23H,6-9,11-12,26H2,1-5H3,(H,28,32)/t17?,19-,20?,23-/m1/s1. The molecule has 1 amide bonds. The van der Waals surface area contributed by atoms with Crippen molar-refractivity contribution in [1.29, 1.82) is 0 Å². The minimum absolute atomic E-state index is 0.0291. The van der Waals surface area contributed by atoms with Gasteiger partial charge >= 0.3 is 18.0 Å². The molecule has 1 aliphatic heterocycles. The van der Waals surface area contributed by atoms with Crippen LogP contribution in [0.5, 0.6) is 0 Å². The van der Waals surface area contributed by atoms with E-state index in [9.17, 15) is 14.4 Å². The summed E-state index contributed by atoms with van der Waals surface area (Å²) in [5, 5.41) is 2.96. The molecule has 192 valence electrons. The Morgan fingerprint density at radius 2 is 1.77 bits per heavy atom. The van der Waals surface area contributed by atoms with Crippen LogP contribution in [0.15, 0.2) is 6.20 Å². The van der Waals surface area contributed by atoms with E-state index in [1.165, 1.54) is 13.8 Å². The molecule has 0 radical (unpaired) electrons. The summed E-state index contributed by atoms with van der Waals surface area (Å²) in [5.74, 6) is -0.296. The molecule has 2 unspecified atom stereocenters. The van der Waals surface area contributed by atoms with Crippen LogP contribution in [0.3, 0.4) is 0 Å². The second-order valence-electron chi connectivity index (χ2n) is 10.8. The third-order valence-electron chi connectivity index (χ3n) is 6.70. The Morgan fingerprint density at radius 1 is 1.09 bits per heavy atom. The summed E-state index contributed by atoms with van der Waals surface area (Å²) >= 11 is 0. The van der Waals surface area contributed by atoms with Crippen molar-refractivity contribution in [2.45, 2.75) is 84.2 Å². The number of nitrogens with two attached hydrogens (primary N) is 1. The maximum absolute atomic E-state index is 12.7. The molecule has 2 heterocycles. The van der Waals surface area contributed by atoms with Gasteiger partial charge in [-0.05, 0) is 52.4 Å². The van der Waals surface area contributed by atoms with Gasteiger partial charge in [0.05, 0.1) is 29.3 Å². The van der Waals surface area contributed by atoms with Crippen LogP contribution in [0.25, 0.3) is 0 Å². The number of esters is 2. The van der Waals surface area contributed by atoms with Crippen LogP contribution in [-0.2, 0) is 30.2 Å². The van der Waals surface area contributed by atoms with Gasteiger partial charge in [-0.2, -0.15) is 0 Å². The number of fused-ring (bicyclic) bond motifs is 1. The Bertz CT molecular complexity index is 1000. The quantitative estimate of drug-likeness (QED) is 0.474. The van der Waals surface area contributed by atoms with E-state index in [1.807, 2.05) is 0 Å². The fraction of sp³-hybridized carbons (Fsp3) is 0.680. The van der Waals surface area contributed by atoms with E-state index in [1.54, 1.807) is 27.0 Å². The molecule has 0 spiro atoms. The Balaban J connectivity index is 1.66. The van der Waals surface area contributed by atoms with E-state index in [4.69, 9.17) is 19.9 Å². The van der Waals surface area contributed by atoms with Crippen molar-refractivity contribution in [1.82, 2.24) is 10.3 Å². The zero-order chi connectivity index (χ0) is 25.5. The first-order valence-electron chi connectivity index (χ1n) is 12.3. The molecule has 0 aromatic carbocycles. The number of alkyl carbamates (subject to hydrolysis) is 1. The van der Waals surface area contributed by atoms with Crippen molar-refractivity contribution < 1.29 is 28.6 Å². The van der Waals surface area contributed by atoms with E-state index < -0.39 is 29.9 Å². The van der Waals surface area contributed by atoms with Crippen LogP contribution in [0.4, 0.5) is 16.2 Å². The van der Waals surface area contributed by atoms with Crippen molar-refractivity contribution in [3.8, 4) is 0 Å². The number of hydrogen-bond donors (Lipinski definition) is 2. The number of aromatic nitrogens is 1. The van der Waals surface area contributed by atoms with Gasteiger partial charge in [0.25, 0.3) is 0 Å². The lowest BCUT2D eigenvalue weighted by Crippen LogP contribution is -2.61. The van der Waals surface area contributed by atoms with Gasteiger partial charge in [-0.15, -0.1) is 0 Å². The van der Waals surface area contributed by atoms with Crippen LogP contribution < -0.4 is 16.0 Å². The highest BCUT2D eigenvalue weighted by atomic mass is 16.6. The lowest BCUT2D eigenvalue weighted by molar-refractivity contribution is -0.152. The number of anilines is 2. The summed E-state index contributed by atoms with van der Waals surface area (Å²) in [7, 11) is 0. The zero-order valence-corrected chi connectivity index (χ0v) is 21.1. The number of piperidine rings is 1. The molecule has 10 heteroatoms. The molecular formula is C25H36N4O6. The Kier molecular flexibility index (Phi) is 6.83. The lowest BCUT2D eigenvalue weighted by atomic mass is 9.86. The lowest BCUT2D eigenvalue weighted by Gasteiger charge is -2.45. The maximum atomic E-state index is 12.7. The number of nitrogens with zero attached hydrogens (tertiary/aromatic N) is 2. The number of nitrogens with one attached hydrogen (secondary N) is 1. The van der Waals surface area contributed by atoms with Crippen LogP contribution >= 0.6 is 0 Å². The summed E-state index contributed by atoms with van der Waals surface area (Å²) < 4.78 is 16.8. The first-order chi connectivity index (χ1) is 16.4. The van der Waals surface area contributed by atoms with Crippen LogP contribution in [-0.4, -0.2) is 53.9 Å².